The average Bonchev–Trinajstić information content (AvgIpc) is 2.66. The highest BCUT2D eigenvalue weighted by Gasteiger charge is 2.67. The standard InChI is InChI=1S/C19H17F3O5/c1-26-16(24)18(17(25)27-2,19(20,21)22)10-9-15(23)14-8-7-12-5-3-4-6-13(12)11-14/h3-8,11H,9-10H2,1-2H3. The van der Waals surface area contributed by atoms with Gasteiger partial charge in [-0.1, -0.05) is 36.4 Å². The van der Waals surface area contributed by atoms with Gasteiger partial charge >= 0.3 is 18.1 Å². The van der Waals surface area contributed by atoms with Gasteiger partial charge in [0.1, 0.15) is 0 Å². The highest BCUT2D eigenvalue weighted by molar-refractivity contribution is 6.03. The smallest absolute Gasteiger partial charge is 0.415 e. The Morgan fingerprint density at radius 2 is 1.44 bits per heavy atom. The second kappa shape index (κ2) is 7.77. The lowest BCUT2D eigenvalue weighted by atomic mass is 9.81. The minimum Gasteiger partial charge on any atom is -0.468 e. The van der Waals surface area contributed by atoms with Gasteiger partial charge in [0.2, 0.25) is 0 Å². The predicted molar refractivity (Wildman–Crippen MR) is 90.0 cm³/mol. The van der Waals surface area contributed by atoms with Crippen molar-refractivity contribution in [2.75, 3.05) is 14.2 Å². The molecule has 0 aliphatic heterocycles. The van der Waals surface area contributed by atoms with Crippen molar-refractivity contribution in [2.24, 2.45) is 5.41 Å². The molecular weight excluding hydrogens is 365 g/mol. The molecule has 2 aromatic carbocycles. The second-order valence-electron chi connectivity index (χ2n) is 5.87. The van der Waals surface area contributed by atoms with E-state index in [2.05, 4.69) is 9.47 Å². The van der Waals surface area contributed by atoms with Crippen LogP contribution in [0.2, 0.25) is 0 Å². The SMILES string of the molecule is COC(=O)C(CCC(=O)c1ccc2ccccc2c1)(C(=O)OC)C(F)(F)F. The summed E-state index contributed by atoms with van der Waals surface area (Å²) in [6.07, 6.45) is -7.08. The molecule has 27 heavy (non-hydrogen) atoms. The molecule has 2 rings (SSSR count). The van der Waals surface area contributed by atoms with E-state index >= 15 is 0 Å². The number of esters is 2. The summed E-state index contributed by atoms with van der Waals surface area (Å²) >= 11 is 0. The molecule has 5 nitrogen and oxygen atoms in total. The van der Waals surface area contributed by atoms with Crippen LogP contribution in [0.4, 0.5) is 13.2 Å². The van der Waals surface area contributed by atoms with E-state index in [1.807, 2.05) is 12.1 Å². The minimum atomic E-state index is -5.28. The van der Waals surface area contributed by atoms with Gasteiger partial charge in [-0.05, 0) is 23.3 Å². The van der Waals surface area contributed by atoms with Crippen molar-refractivity contribution in [3.8, 4) is 0 Å². The number of carbonyl (C=O) groups excluding carboxylic acids is 3. The van der Waals surface area contributed by atoms with Crippen LogP contribution in [0.25, 0.3) is 10.8 Å². The Bertz CT molecular complexity index is 857. The number of hydrogen-bond acceptors (Lipinski definition) is 5. The van der Waals surface area contributed by atoms with Crippen molar-refractivity contribution in [2.45, 2.75) is 19.0 Å². The van der Waals surface area contributed by atoms with Crippen LogP contribution in [0.15, 0.2) is 42.5 Å². The highest BCUT2D eigenvalue weighted by Crippen LogP contribution is 2.44. The zero-order valence-corrected chi connectivity index (χ0v) is 14.6. The Morgan fingerprint density at radius 3 is 1.96 bits per heavy atom. The van der Waals surface area contributed by atoms with E-state index in [-0.39, 0.29) is 5.56 Å². The first-order valence-electron chi connectivity index (χ1n) is 7.93. The van der Waals surface area contributed by atoms with E-state index in [9.17, 15) is 27.6 Å². The van der Waals surface area contributed by atoms with E-state index in [4.69, 9.17) is 0 Å². The number of benzene rings is 2. The number of fused-ring (bicyclic) bond motifs is 1. The van der Waals surface area contributed by atoms with Crippen molar-refractivity contribution in [3.63, 3.8) is 0 Å². The molecule has 0 saturated heterocycles. The Hall–Kier alpha value is -2.90. The summed E-state index contributed by atoms with van der Waals surface area (Å²) in [4.78, 5) is 36.1. The molecule has 0 spiro atoms. The minimum absolute atomic E-state index is 0.180. The number of Topliss-reactive ketones (excluding diaryl/α,β-unsaturated/α-hetero) is 1. The molecule has 0 unspecified atom stereocenters. The van der Waals surface area contributed by atoms with Gasteiger partial charge in [0.25, 0.3) is 5.41 Å². The molecule has 2 aromatic rings. The third-order valence-electron chi connectivity index (χ3n) is 4.35. The van der Waals surface area contributed by atoms with Crippen LogP contribution in [-0.4, -0.2) is 38.1 Å². The summed E-state index contributed by atoms with van der Waals surface area (Å²) < 4.78 is 49.2. The van der Waals surface area contributed by atoms with Crippen LogP contribution < -0.4 is 0 Å². The third-order valence-corrected chi connectivity index (χ3v) is 4.35. The lowest BCUT2D eigenvalue weighted by Gasteiger charge is -2.29. The zero-order chi connectivity index (χ0) is 20.2. The number of carbonyl (C=O) groups is 3. The monoisotopic (exact) mass is 382 g/mol. The van der Waals surface area contributed by atoms with Crippen molar-refractivity contribution in [3.05, 3.63) is 48.0 Å². The van der Waals surface area contributed by atoms with Gasteiger partial charge in [-0.2, -0.15) is 13.2 Å². The lowest BCUT2D eigenvalue weighted by molar-refractivity contribution is -0.239. The topological polar surface area (TPSA) is 69.7 Å². The molecule has 0 heterocycles. The summed E-state index contributed by atoms with van der Waals surface area (Å²) in [5, 5.41) is 1.61. The largest absolute Gasteiger partial charge is 0.468 e. The number of ether oxygens (including phenoxy) is 2. The molecule has 0 aromatic heterocycles. The van der Waals surface area contributed by atoms with Gasteiger partial charge in [0.05, 0.1) is 14.2 Å². The highest BCUT2D eigenvalue weighted by atomic mass is 19.4. The molecule has 0 aliphatic rings. The van der Waals surface area contributed by atoms with Crippen molar-refractivity contribution in [1.82, 2.24) is 0 Å². The first-order chi connectivity index (χ1) is 12.7. The first-order valence-corrected chi connectivity index (χ1v) is 7.93. The number of rotatable bonds is 6. The number of hydrogen-bond donors (Lipinski definition) is 0. The fraction of sp³-hybridized carbons (Fsp3) is 0.316. The van der Waals surface area contributed by atoms with Gasteiger partial charge in [0, 0.05) is 12.0 Å². The molecule has 0 radical (unpaired) electrons. The fourth-order valence-electron chi connectivity index (χ4n) is 2.82. The molecule has 144 valence electrons. The van der Waals surface area contributed by atoms with Crippen LogP contribution in [0, 0.1) is 5.41 Å². The quantitative estimate of drug-likeness (QED) is 0.433. The molecule has 0 fully saturated rings. The molecule has 0 amide bonds. The van der Waals surface area contributed by atoms with Crippen LogP contribution in [0.5, 0.6) is 0 Å². The normalized spacial score (nSPS) is 11.9. The second-order valence-corrected chi connectivity index (χ2v) is 5.87. The van der Waals surface area contributed by atoms with E-state index in [0.29, 0.717) is 0 Å². The summed E-state index contributed by atoms with van der Waals surface area (Å²) in [5.74, 6) is -4.26. The Morgan fingerprint density at radius 1 is 0.889 bits per heavy atom. The van der Waals surface area contributed by atoms with E-state index in [1.165, 1.54) is 6.07 Å². The zero-order valence-electron chi connectivity index (χ0n) is 14.6. The van der Waals surface area contributed by atoms with Gasteiger partial charge in [-0.25, -0.2) is 0 Å². The van der Waals surface area contributed by atoms with Crippen LogP contribution in [0.1, 0.15) is 23.2 Å². The number of alkyl halides is 3. The van der Waals surface area contributed by atoms with Gasteiger partial charge in [0.15, 0.2) is 5.78 Å². The average molecular weight is 382 g/mol. The predicted octanol–water partition coefficient (Wildman–Crippen LogP) is 3.70. The van der Waals surface area contributed by atoms with E-state index < -0.39 is 42.2 Å². The fourth-order valence-corrected chi connectivity index (χ4v) is 2.82. The van der Waals surface area contributed by atoms with Gasteiger partial charge < -0.3 is 9.47 Å². The third kappa shape index (κ3) is 3.79. The van der Waals surface area contributed by atoms with Crippen molar-refractivity contribution >= 4 is 28.5 Å². The number of methoxy groups -OCH3 is 2. The van der Waals surface area contributed by atoms with E-state index in [0.717, 1.165) is 25.0 Å². The molecule has 8 heteroatoms. The lowest BCUT2D eigenvalue weighted by Crippen LogP contribution is -2.52. The van der Waals surface area contributed by atoms with Crippen molar-refractivity contribution in [1.29, 1.82) is 0 Å². The number of ketones is 1. The molecule has 0 saturated carbocycles. The maximum Gasteiger partial charge on any atom is 0.415 e. The Labute approximate surface area is 153 Å². The Kier molecular flexibility index (Phi) is 5.88. The van der Waals surface area contributed by atoms with Crippen molar-refractivity contribution < 1.29 is 37.0 Å². The Balaban J connectivity index is 2.33. The summed E-state index contributed by atoms with van der Waals surface area (Å²) in [6, 6.07) is 11.9. The van der Waals surface area contributed by atoms with Gasteiger partial charge in [-0.15, -0.1) is 0 Å². The van der Waals surface area contributed by atoms with E-state index in [1.54, 1.807) is 24.3 Å². The maximum atomic E-state index is 13.6. The molecule has 0 aliphatic carbocycles. The van der Waals surface area contributed by atoms with Gasteiger partial charge in [-0.3, -0.25) is 14.4 Å². The first kappa shape index (κ1) is 20.4. The van der Waals surface area contributed by atoms with Crippen LogP contribution >= 0.6 is 0 Å². The molecule has 0 atom stereocenters. The maximum absolute atomic E-state index is 13.6. The number of halogens is 3. The summed E-state index contributed by atoms with van der Waals surface area (Å²) in [7, 11) is 1.47. The van der Waals surface area contributed by atoms with Crippen LogP contribution in [0.3, 0.4) is 0 Å². The molecular formula is C19H17F3O5. The molecule has 0 bridgehead atoms. The van der Waals surface area contributed by atoms with Crippen LogP contribution in [-0.2, 0) is 19.1 Å². The summed E-state index contributed by atoms with van der Waals surface area (Å²) in [5.41, 5.74) is -3.37. The summed E-state index contributed by atoms with van der Waals surface area (Å²) in [6.45, 7) is 0. The molecule has 0 N–H and O–H groups in total.